The van der Waals surface area contributed by atoms with Crippen LogP contribution in [0, 0.1) is 0 Å². The minimum Gasteiger partial charge on any atom is -0.497 e. The van der Waals surface area contributed by atoms with Crippen molar-refractivity contribution in [3.8, 4) is 11.5 Å². The van der Waals surface area contributed by atoms with Crippen molar-refractivity contribution >= 4 is 23.4 Å². The third kappa shape index (κ3) is 5.28. The number of benzene rings is 2. The zero-order valence-electron chi connectivity index (χ0n) is 21.1. The van der Waals surface area contributed by atoms with Crippen molar-refractivity contribution < 1.29 is 19.0 Å². The number of nitrogens with zero attached hydrogens (tertiary/aromatic N) is 2. The lowest BCUT2D eigenvalue weighted by Crippen LogP contribution is -2.40. The van der Waals surface area contributed by atoms with Crippen LogP contribution in [-0.2, 0) is 9.53 Å². The van der Waals surface area contributed by atoms with Crippen LogP contribution in [0.2, 0.25) is 0 Å². The Hall–Kier alpha value is -3.65. The highest BCUT2D eigenvalue weighted by molar-refractivity contribution is 7.07. The van der Waals surface area contributed by atoms with Crippen LogP contribution in [0.4, 0.5) is 0 Å². The molecule has 1 atom stereocenters. The number of allylic oxidation sites excluding steroid dienone is 1. The summed E-state index contributed by atoms with van der Waals surface area (Å²) in [5, 5.41) is 0. The fraction of sp³-hybridized carbons (Fsp3) is 0.321. The first-order valence-electron chi connectivity index (χ1n) is 11.9. The Bertz CT molecular complexity index is 1450. The van der Waals surface area contributed by atoms with Gasteiger partial charge >= 0.3 is 5.97 Å². The molecule has 1 aliphatic rings. The van der Waals surface area contributed by atoms with Gasteiger partial charge in [0.1, 0.15) is 11.5 Å². The Morgan fingerprint density at radius 1 is 1.11 bits per heavy atom. The number of fused-ring (bicyclic) bond motifs is 1. The molecule has 8 heteroatoms. The topological polar surface area (TPSA) is 79.1 Å². The van der Waals surface area contributed by atoms with Crippen LogP contribution in [0.3, 0.4) is 0 Å². The van der Waals surface area contributed by atoms with Crippen LogP contribution in [0.25, 0.3) is 6.08 Å². The van der Waals surface area contributed by atoms with Crippen molar-refractivity contribution in [2.24, 2.45) is 4.99 Å². The molecule has 2 aromatic carbocycles. The highest BCUT2D eigenvalue weighted by Crippen LogP contribution is 2.31. The van der Waals surface area contributed by atoms with Crippen LogP contribution >= 0.6 is 11.3 Å². The molecule has 0 bridgehead atoms. The van der Waals surface area contributed by atoms with Gasteiger partial charge in [0.15, 0.2) is 4.80 Å². The molecule has 0 radical (unpaired) electrons. The SMILES string of the molecule is CCCOc1ccc(/C=c2/sc3n(c2=O)[C@@H](c2ccc(OC)cc2)C(C(=O)OC(C)C)=C(C)N=3)cc1. The molecule has 3 aromatic rings. The number of aromatic nitrogens is 1. The van der Waals surface area contributed by atoms with Crippen LogP contribution in [0.5, 0.6) is 11.5 Å². The maximum Gasteiger partial charge on any atom is 0.338 e. The second-order valence-electron chi connectivity index (χ2n) is 8.73. The number of carbonyl (C=O) groups is 1. The van der Waals surface area contributed by atoms with Gasteiger partial charge in [0.2, 0.25) is 0 Å². The molecule has 0 unspecified atom stereocenters. The maximum atomic E-state index is 13.7. The average molecular weight is 507 g/mol. The van der Waals surface area contributed by atoms with Crippen LogP contribution < -0.4 is 24.4 Å². The molecule has 2 heterocycles. The molecule has 0 N–H and O–H groups in total. The lowest BCUT2D eigenvalue weighted by molar-refractivity contribution is -0.143. The molecule has 188 valence electrons. The first-order chi connectivity index (χ1) is 17.3. The number of carbonyl (C=O) groups excluding carboxylic acids is 1. The smallest absolute Gasteiger partial charge is 0.338 e. The van der Waals surface area contributed by atoms with Gasteiger partial charge in [0, 0.05) is 0 Å². The van der Waals surface area contributed by atoms with Crippen molar-refractivity contribution in [3.05, 3.63) is 90.6 Å². The Morgan fingerprint density at radius 3 is 2.39 bits per heavy atom. The number of thiazole rings is 1. The fourth-order valence-electron chi connectivity index (χ4n) is 3.99. The Balaban J connectivity index is 1.83. The van der Waals surface area contributed by atoms with Crippen LogP contribution in [-0.4, -0.2) is 30.4 Å². The van der Waals surface area contributed by atoms with Crippen molar-refractivity contribution in [2.75, 3.05) is 13.7 Å². The number of ether oxygens (including phenoxy) is 3. The third-order valence-electron chi connectivity index (χ3n) is 5.67. The van der Waals surface area contributed by atoms with Crippen molar-refractivity contribution in [3.63, 3.8) is 0 Å². The van der Waals surface area contributed by atoms with Gasteiger partial charge in [-0.2, -0.15) is 0 Å². The molecule has 0 aliphatic carbocycles. The molecule has 4 rings (SSSR count). The second-order valence-corrected chi connectivity index (χ2v) is 9.74. The second kappa shape index (κ2) is 11.0. The van der Waals surface area contributed by atoms with Gasteiger partial charge in [-0.25, -0.2) is 9.79 Å². The minimum atomic E-state index is -0.662. The Kier molecular flexibility index (Phi) is 7.74. The quantitative estimate of drug-likeness (QED) is 0.432. The van der Waals surface area contributed by atoms with E-state index in [1.165, 1.54) is 11.3 Å². The van der Waals surface area contributed by atoms with E-state index in [-0.39, 0.29) is 11.7 Å². The summed E-state index contributed by atoms with van der Waals surface area (Å²) in [5.74, 6) is 0.993. The number of esters is 1. The van der Waals surface area contributed by atoms with Gasteiger partial charge in [0.25, 0.3) is 5.56 Å². The summed E-state index contributed by atoms with van der Waals surface area (Å²) >= 11 is 1.30. The van der Waals surface area contributed by atoms with E-state index in [4.69, 9.17) is 14.2 Å². The van der Waals surface area contributed by atoms with E-state index < -0.39 is 12.0 Å². The molecule has 7 nitrogen and oxygen atoms in total. The van der Waals surface area contributed by atoms with Gasteiger partial charge in [-0.3, -0.25) is 9.36 Å². The van der Waals surface area contributed by atoms with Crippen LogP contribution in [0.1, 0.15) is 51.3 Å². The summed E-state index contributed by atoms with van der Waals surface area (Å²) in [6.45, 7) is 8.08. The van der Waals surface area contributed by atoms with E-state index in [2.05, 4.69) is 11.9 Å². The average Bonchev–Trinajstić information content (AvgIpc) is 3.16. The summed E-state index contributed by atoms with van der Waals surface area (Å²) < 4.78 is 18.6. The highest BCUT2D eigenvalue weighted by Gasteiger charge is 2.33. The third-order valence-corrected chi connectivity index (χ3v) is 6.65. The largest absolute Gasteiger partial charge is 0.497 e. The molecule has 1 aromatic heterocycles. The predicted molar refractivity (Wildman–Crippen MR) is 140 cm³/mol. The standard InChI is InChI=1S/C28H30N2O5S/c1-6-15-34-22-11-7-19(8-12-22)16-23-26(31)30-25(20-9-13-21(33-5)14-10-20)24(27(32)35-17(2)3)18(4)29-28(30)36-23/h7-14,16-17,25H,6,15H2,1-5H3/b23-16+/t25-/m0/s1. The fourth-order valence-corrected chi connectivity index (χ4v) is 5.04. The van der Waals surface area contributed by atoms with Crippen LogP contribution in [0.15, 0.2) is 69.6 Å². The summed E-state index contributed by atoms with van der Waals surface area (Å²) in [6.07, 6.45) is 2.47. The van der Waals surface area contributed by atoms with Crippen molar-refractivity contribution in [1.82, 2.24) is 4.57 Å². The molecule has 0 fully saturated rings. The first kappa shape index (κ1) is 25.4. The van der Waals surface area contributed by atoms with Crippen molar-refractivity contribution in [2.45, 2.75) is 46.3 Å². The minimum absolute atomic E-state index is 0.215. The Labute approximate surface area is 214 Å². The number of hydrogen-bond donors (Lipinski definition) is 0. The molecule has 0 saturated carbocycles. The van der Waals surface area contributed by atoms with Gasteiger partial charge in [-0.1, -0.05) is 42.5 Å². The monoisotopic (exact) mass is 506 g/mol. The number of rotatable bonds is 8. The van der Waals surface area contributed by atoms with Gasteiger partial charge in [0.05, 0.1) is 41.7 Å². The predicted octanol–water partition coefficient (Wildman–Crippen LogP) is 3.98. The van der Waals surface area contributed by atoms with E-state index >= 15 is 0 Å². The number of methoxy groups -OCH3 is 1. The van der Waals surface area contributed by atoms with Crippen molar-refractivity contribution in [1.29, 1.82) is 0 Å². The molecule has 0 spiro atoms. The van der Waals surface area contributed by atoms with E-state index in [0.29, 0.717) is 33.0 Å². The highest BCUT2D eigenvalue weighted by atomic mass is 32.1. The summed E-state index contributed by atoms with van der Waals surface area (Å²) in [6, 6.07) is 14.3. The molecule has 0 saturated heterocycles. The number of hydrogen-bond acceptors (Lipinski definition) is 7. The lowest BCUT2D eigenvalue weighted by Gasteiger charge is -2.25. The molecule has 36 heavy (non-hydrogen) atoms. The molecule has 1 aliphatic heterocycles. The van der Waals surface area contributed by atoms with E-state index in [1.807, 2.05) is 54.6 Å². The first-order valence-corrected chi connectivity index (χ1v) is 12.7. The maximum absolute atomic E-state index is 13.7. The van der Waals surface area contributed by atoms with Gasteiger partial charge in [-0.05, 0) is 68.7 Å². The molecular formula is C28H30N2O5S. The Morgan fingerprint density at radius 2 is 1.78 bits per heavy atom. The summed E-state index contributed by atoms with van der Waals surface area (Å²) in [7, 11) is 1.59. The van der Waals surface area contributed by atoms with E-state index in [1.54, 1.807) is 32.4 Å². The van der Waals surface area contributed by atoms with Gasteiger partial charge in [-0.15, -0.1) is 0 Å². The van der Waals surface area contributed by atoms with Gasteiger partial charge < -0.3 is 14.2 Å². The zero-order valence-corrected chi connectivity index (χ0v) is 21.9. The molecular weight excluding hydrogens is 476 g/mol. The van der Waals surface area contributed by atoms with E-state index in [0.717, 1.165) is 23.3 Å². The summed E-state index contributed by atoms with van der Waals surface area (Å²) in [5.41, 5.74) is 2.32. The lowest BCUT2D eigenvalue weighted by atomic mass is 9.96. The zero-order chi connectivity index (χ0) is 25.8. The normalized spacial score (nSPS) is 15.5. The van der Waals surface area contributed by atoms with E-state index in [9.17, 15) is 9.59 Å². The molecule has 0 amide bonds. The summed E-state index contributed by atoms with van der Waals surface area (Å²) in [4.78, 5) is 32.0.